The molecule has 0 radical (unpaired) electrons. The van der Waals surface area contributed by atoms with Gasteiger partial charge >= 0.3 is 0 Å². The van der Waals surface area contributed by atoms with E-state index in [-0.39, 0.29) is 24.3 Å². The first-order valence-electron chi connectivity index (χ1n) is 8.97. The molecule has 0 saturated carbocycles. The molecule has 0 bridgehead atoms. The second-order valence-corrected chi connectivity index (χ2v) is 8.05. The third-order valence-corrected chi connectivity index (χ3v) is 6.28. The molecule has 3 heterocycles. The van der Waals surface area contributed by atoms with Gasteiger partial charge in [0.2, 0.25) is 11.8 Å². The molecule has 2 saturated heterocycles. The lowest BCUT2D eigenvalue weighted by Gasteiger charge is -2.48. The van der Waals surface area contributed by atoms with Crippen molar-refractivity contribution in [3.8, 4) is 0 Å². The third kappa shape index (κ3) is 3.12. The molecule has 0 unspecified atom stereocenters. The highest BCUT2D eigenvalue weighted by Gasteiger charge is 2.51. The first-order chi connectivity index (χ1) is 13.0. The maximum Gasteiger partial charge on any atom is 0.264 e. The van der Waals surface area contributed by atoms with Crippen molar-refractivity contribution in [2.45, 2.75) is 18.9 Å². The number of likely N-dealkylation sites (tertiary alicyclic amines) is 1. The molecule has 2 aromatic rings. The average molecular weight is 383 g/mol. The zero-order chi connectivity index (χ0) is 19.0. The molecule has 7 heteroatoms. The number of nitrogens with zero attached hydrogens (tertiary/aromatic N) is 3. The summed E-state index contributed by atoms with van der Waals surface area (Å²) in [5.74, 6) is -0.222. The van der Waals surface area contributed by atoms with Gasteiger partial charge in [0.05, 0.1) is 17.0 Å². The lowest BCUT2D eigenvalue weighted by molar-refractivity contribution is -0.142. The lowest BCUT2D eigenvalue weighted by Crippen LogP contribution is -2.67. The van der Waals surface area contributed by atoms with E-state index in [9.17, 15) is 14.4 Å². The smallest absolute Gasteiger partial charge is 0.264 e. The highest BCUT2D eigenvalue weighted by molar-refractivity contribution is 7.12. The quantitative estimate of drug-likeness (QED) is 0.799. The van der Waals surface area contributed by atoms with Crippen LogP contribution in [0.2, 0.25) is 0 Å². The van der Waals surface area contributed by atoms with E-state index < -0.39 is 5.54 Å². The van der Waals surface area contributed by atoms with E-state index in [1.807, 2.05) is 47.8 Å². The Kier molecular flexibility index (Phi) is 4.47. The first kappa shape index (κ1) is 17.7. The first-order valence-corrected chi connectivity index (χ1v) is 9.85. The van der Waals surface area contributed by atoms with Gasteiger partial charge in [0.15, 0.2) is 0 Å². The van der Waals surface area contributed by atoms with Gasteiger partial charge in [-0.3, -0.25) is 14.4 Å². The molecule has 4 rings (SSSR count). The average Bonchev–Trinajstić information content (AvgIpc) is 3.34. The van der Waals surface area contributed by atoms with Gasteiger partial charge in [0, 0.05) is 25.7 Å². The maximum absolute atomic E-state index is 12.8. The molecule has 2 fully saturated rings. The lowest BCUT2D eigenvalue weighted by atomic mass is 9.91. The van der Waals surface area contributed by atoms with Crippen LogP contribution in [0.25, 0.3) is 0 Å². The molecular formula is C20H21N3O3S. The summed E-state index contributed by atoms with van der Waals surface area (Å²) >= 11 is 1.42. The van der Waals surface area contributed by atoms with Crippen molar-refractivity contribution in [3.63, 3.8) is 0 Å². The molecule has 140 valence electrons. The molecule has 2 aliphatic rings. The van der Waals surface area contributed by atoms with Crippen LogP contribution in [-0.2, 0) is 9.59 Å². The molecule has 0 aliphatic carbocycles. The SMILES string of the molecule is CC(=O)N1CC(=O)N(c2ccccc2)C[C@@]12CCN(C(=O)c1cccs1)C2. The molecule has 6 nitrogen and oxygen atoms in total. The number of hydrogen-bond donors (Lipinski definition) is 0. The van der Waals surface area contributed by atoms with Crippen LogP contribution in [0.3, 0.4) is 0 Å². The van der Waals surface area contributed by atoms with Crippen LogP contribution in [0.4, 0.5) is 5.69 Å². The Labute approximate surface area is 162 Å². The predicted molar refractivity (Wildman–Crippen MR) is 104 cm³/mol. The summed E-state index contributed by atoms with van der Waals surface area (Å²) < 4.78 is 0. The summed E-state index contributed by atoms with van der Waals surface area (Å²) in [5.41, 5.74) is 0.288. The zero-order valence-corrected chi connectivity index (χ0v) is 15.9. The minimum absolute atomic E-state index is 0.00598. The van der Waals surface area contributed by atoms with Gasteiger partial charge in [-0.2, -0.15) is 0 Å². The van der Waals surface area contributed by atoms with Crippen molar-refractivity contribution in [3.05, 3.63) is 52.7 Å². The number of benzene rings is 1. The molecular weight excluding hydrogens is 362 g/mol. The summed E-state index contributed by atoms with van der Waals surface area (Å²) in [4.78, 5) is 43.7. The molecule has 2 aliphatic heterocycles. The van der Waals surface area contributed by atoms with Crippen LogP contribution in [0, 0.1) is 0 Å². The number of piperazine rings is 1. The van der Waals surface area contributed by atoms with Crippen molar-refractivity contribution in [1.29, 1.82) is 0 Å². The second kappa shape index (κ2) is 6.81. The van der Waals surface area contributed by atoms with Gasteiger partial charge in [-0.25, -0.2) is 0 Å². The Bertz CT molecular complexity index is 868. The van der Waals surface area contributed by atoms with E-state index in [0.29, 0.717) is 30.9 Å². The molecule has 0 N–H and O–H groups in total. The van der Waals surface area contributed by atoms with Crippen LogP contribution in [0.5, 0.6) is 0 Å². The van der Waals surface area contributed by atoms with Crippen LogP contribution in [0.15, 0.2) is 47.8 Å². The second-order valence-electron chi connectivity index (χ2n) is 7.10. The number of carbonyl (C=O) groups is 3. The van der Waals surface area contributed by atoms with E-state index in [2.05, 4.69) is 0 Å². The van der Waals surface area contributed by atoms with Gasteiger partial charge in [0.1, 0.15) is 6.54 Å². The van der Waals surface area contributed by atoms with E-state index in [1.165, 1.54) is 18.3 Å². The van der Waals surface area contributed by atoms with Crippen molar-refractivity contribution >= 4 is 34.7 Å². The number of carbonyl (C=O) groups excluding carboxylic acids is 3. The Hall–Kier alpha value is -2.67. The minimum Gasteiger partial charge on any atom is -0.335 e. The van der Waals surface area contributed by atoms with Crippen molar-refractivity contribution in [2.75, 3.05) is 31.1 Å². The van der Waals surface area contributed by atoms with Crippen LogP contribution < -0.4 is 4.90 Å². The number of hydrogen-bond acceptors (Lipinski definition) is 4. The number of para-hydroxylation sites is 1. The predicted octanol–water partition coefficient (Wildman–Crippen LogP) is 2.23. The summed E-state index contributed by atoms with van der Waals surface area (Å²) in [5, 5.41) is 1.89. The van der Waals surface area contributed by atoms with Crippen molar-refractivity contribution in [1.82, 2.24) is 9.80 Å². The molecule has 27 heavy (non-hydrogen) atoms. The van der Waals surface area contributed by atoms with E-state index in [0.717, 1.165) is 5.69 Å². The molecule has 1 spiro atoms. The van der Waals surface area contributed by atoms with Crippen molar-refractivity contribution < 1.29 is 14.4 Å². The Morgan fingerprint density at radius 3 is 2.52 bits per heavy atom. The number of amides is 3. The Morgan fingerprint density at radius 1 is 1.07 bits per heavy atom. The van der Waals surface area contributed by atoms with Crippen LogP contribution >= 0.6 is 11.3 Å². The van der Waals surface area contributed by atoms with Gasteiger partial charge in [-0.1, -0.05) is 24.3 Å². The normalized spacial score (nSPS) is 22.6. The molecule has 3 amide bonds. The van der Waals surface area contributed by atoms with Gasteiger partial charge < -0.3 is 14.7 Å². The third-order valence-electron chi connectivity index (χ3n) is 5.42. The molecule has 1 aromatic carbocycles. The summed E-state index contributed by atoms with van der Waals surface area (Å²) in [7, 11) is 0. The summed E-state index contributed by atoms with van der Waals surface area (Å²) in [6.45, 7) is 2.98. The van der Waals surface area contributed by atoms with E-state index in [4.69, 9.17) is 0 Å². The van der Waals surface area contributed by atoms with Gasteiger partial charge in [-0.05, 0) is 30.0 Å². The van der Waals surface area contributed by atoms with E-state index in [1.54, 1.807) is 14.7 Å². The summed E-state index contributed by atoms with van der Waals surface area (Å²) in [6.07, 6.45) is 0.667. The highest BCUT2D eigenvalue weighted by atomic mass is 32.1. The topological polar surface area (TPSA) is 60.9 Å². The van der Waals surface area contributed by atoms with Gasteiger partial charge in [0.25, 0.3) is 5.91 Å². The Balaban J connectivity index is 1.63. The standard InChI is InChI=1S/C20H21N3O3S/c1-15(24)23-12-18(25)22(16-6-3-2-4-7-16)14-20(23)9-10-21(13-20)19(26)17-8-5-11-27-17/h2-8,11H,9-10,12-14H2,1H3/t20-/m0/s1. The fourth-order valence-corrected chi connectivity index (χ4v) is 4.77. The minimum atomic E-state index is -0.539. The fourth-order valence-electron chi connectivity index (χ4n) is 4.08. The molecule has 1 aromatic heterocycles. The zero-order valence-electron chi connectivity index (χ0n) is 15.1. The van der Waals surface area contributed by atoms with E-state index >= 15 is 0 Å². The highest BCUT2D eigenvalue weighted by Crippen LogP contribution is 2.35. The number of anilines is 1. The molecule has 1 atom stereocenters. The Morgan fingerprint density at radius 2 is 1.85 bits per heavy atom. The number of rotatable bonds is 2. The summed E-state index contributed by atoms with van der Waals surface area (Å²) in [6, 6.07) is 13.2. The number of thiophene rings is 1. The van der Waals surface area contributed by atoms with Crippen molar-refractivity contribution in [2.24, 2.45) is 0 Å². The van der Waals surface area contributed by atoms with Crippen LogP contribution in [-0.4, -0.2) is 59.2 Å². The monoisotopic (exact) mass is 383 g/mol. The largest absolute Gasteiger partial charge is 0.335 e. The maximum atomic E-state index is 12.8. The fraction of sp³-hybridized carbons (Fsp3) is 0.350. The van der Waals surface area contributed by atoms with Crippen LogP contribution in [0.1, 0.15) is 23.0 Å². The van der Waals surface area contributed by atoms with Gasteiger partial charge in [-0.15, -0.1) is 11.3 Å².